The molecule has 0 amide bonds. The molecule has 0 N–H and O–H groups in total. The Morgan fingerprint density at radius 1 is 1.28 bits per heavy atom. The van der Waals surface area contributed by atoms with Gasteiger partial charge in [-0.05, 0) is 18.4 Å². The highest BCUT2D eigenvalue weighted by molar-refractivity contribution is 7.80. The summed E-state index contributed by atoms with van der Waals surface area (Å²) in [6.07, 6.45) is 2.87. The first kappa shape index (κ1) is 17.7. The van der Waals surface area contributed by atoms with Crippen LogP contribution in [0.15, 0.2) is 30.5 Å². The van der Waals surface area contributed by atoms with Crippen LogP contribution in [0.3, 0.4) is 0 Å². The molecule has 133 valence electrons. The molecular formula is C19H25N4OS. The first-order valence-electron chi connectivity index (χ1n) is 8.78. The van der Waals surface area contributed by atoms with E-state index in [0.29, 0.717) is 17.5 Å². The van der Waals surface area contributed by atoms with Gasteiger partial charge in [-0.3, -0.25) is 4.68 Å². The number of thiocarbonyl (C=S) groups is 1. The summed E-state index contributed by atoms with van der Waals surface area (Å²) in [5.41, 5.74) is 2.89. The summed E-state index contributed by atoms with van der Waals surface area (Å²) in [5.74, 6) is 1.34. The number of fused-ring (bicyclic) bond motifs is 1. The molecule has 25 heavy (non-hydrogen) atoms. The molecule has 0 spiro atoms. The largest absolute Gasteiger partial charge is 0.493 e. The molecule has 0 saturated carbocycles. The number of anilines is 1. The van der Waals surface area contributed by atoms with Gasteiger partial charge in [0.2, 0.25) is 0 Å². The summed E-state index contributed by atoms with van der Waals surface area (Å²) >= 11 is 5.53. The highest BCUT2D eigenvalue weighted by Gasteiger charge is 2.34. The van der Waals surface area contributed by atoms with Crippen LogP contribution in [0.2, 0.25) is 0 Å². The van der Waals surface area contributed by atoms with Gasteiger partial charge < -0.3 is 9.64 Å². The van der Waals surface area contributed by atoms with Crippen molar-refractivity contribution in [3.63, 3.8) is 0 Å². The van der Waals surface area contributed by atoms with Crippen LogP contribution in [0.5, 0.6) is 5.75 Å². The molecule has 1 radical (unpaired) electrons. The maximum absolute atomic E-state index is 6.06. The monoisotopic (exact) mass is 357 g/mol. The molecule has 6 heteroatoms. The second-order valence-corrected chi connectivity index (χ2v) is 7.17. The Morgan fingerprint density at radius 2 is 2.04 bits per heavy atom. The molecule has 0 bridgehead atoms. The molecule has 1 aliphatic heterocycles. The molecule has 0 fully saturated rings. The van der Waals surface area contributed by atoms with Crippen molar-refractivity contribution < 1.29 is 4.74 Å². The maximum Gasteiger partial charge on any atom is 0.153 e. The van der Waals surface area contributed by atoms with E-state index < -0.39 is 0 Å². The van der Waals surface area contributed by atoms with E-state index in [4.69, 9.17) is 22.3 Å². The molecule has 1 aromatic carbocycles. The van der Waals surface area contributed by atoms with Crippen molar-refractivity contribution in [2.24, 2.45) is 13.0 Å². The first-order valence-corrected chi connectivity index (χ1v) is 9.19. The fourth-order valence-electron chi connectivity index (χ4n) is 3.01. The average Bonchev–Trinajstić information content (AvgIpc) is 2.98. The highest BCUT2D eigenvalue weighted by Crippen LogP contribution is 2.37. The topological polar surface area (TPSA) is 44.4 Å². The van der Waals surface area contributed by atoms with E-state index >= 15 is 0 Å². The smallest absolute Gasteiger partial charge is 0.153 e. The van der Waals surface area contributed by atoms with Gasteiger partial charge in [0.1, 0.15) is 11.4 Å². The number of rotatable bonds is 6. The lowest BCUT2D eigenvalue weighted by Gasteiger charge is -2.37. The molecule has 1 aromatic heterocycles. The van der Waals surface area contributed by atoms with E-state index in [-0.39, 0.29) is 6.17 Å². The van der Waals surface area contributed by atoms with Crippen molar-refractivity contribution in [1.82, 2.24) is 15.1 Å². The van der Waals surface area contributed by atoms with Crippen LogP contribution in [-0.4, -0.2) is 27.9 Å². The van der Waals surface area contributed by atoms with E-state index in [9.17, 15) is 0 Å². The van der Waals surface area contributed by atoms with Crippen LogP contribution in [0.4, 0.5) is 5.69 Å². The van der Waals surface area contributed by atoms with Gasteiger partial charge in [0.25, 0.3) is 0 Å². The van der Waals surface area contributed by atoms with Crippen molar-refractivity contribution in [1.29, 1.82) is 0 Å². The van der Waals surface area contributed by atoms with Crippen molar-refractivity contribution in [2.75, 3.05) is 18.1 Å². The Kier molecular flexibility index (Phi) is 5.27. The SMILES string of the molecule is CCCN1c2cn(C)nc2C(=S)[N]C1c1ccccc1OCC(C)C. The Labute approximate surface area is 155 Å². The first-order chi connectivity index (χ1) is 12.0. The molecule has 1 unspecified atom stereocenters. The number of hydrogen-bond donors (Lipinski definition) is 0. The van der Waals surface area contributed by atoms with Crippen LogP contribution in [0.25, 0.3) is 0 Å². The van der Waals surface area contributed by atoms with E-state index in [1.165, 1.54) is 0 Å². The minimum atomic E-state index is -0.174. The third-order valence-electron chi connectivity index (χ3n) is 4.09. The van der Waals surface area contributed by atoms with Gasteiger partial charge in [-0.15, -0.1) is 0 Å². The minimum absolute atomic E-state index is 0.174. The number of nitrogens with zero attached hydrogens (tertiary/aromatic N) is 4. The Bertz CT molecular complexity index is 756. The zero-order valence-electron chi connectivity index (χ0n) is 15.3. The summed E-state index contributed by atoms with van der Waals surface area (Å²) in [6.45, 7) is 8.03. The number of aryl methyl sites for hydroxylation is 1. The fraction of sp³-hybridized carbons (Fsp3) is 0.474. The van der Waals surface area contributed by atoms with Crippen molar-refractivity contribution in [3.8, 4) is 5.75 Å². The Hall–Kier alpha value is -2.08. The lowest BCUT2D eigenvalue weighted by molar-refractivity contribution is 0.266. The summed E-state index contributed by atoms with van der Waals surface area (Å²) in [4.78, 5) is 2.84. The molecule has 0 aliphatic carbocycles. The number of para-hydroxylation sites is 1. The van der Waals surface area contributed by atoms with Crippen molar-refractivity contribution in [2.45, 2.75) is 33.4 Å². The quantitative estimate of drug-likeness (QED) is 0.740. The standard InChI is InChI=1S/C19H25N4OS/c1-5-10-23-15-11-22(4)21-17(15)19(25)20-18(23)14-8-6-7-9-16(14)24-12-13(2)3/h6-9,11,13,18H,5,10,12H2,1-4H3. The highest BCUT2D eigenvalue weighted by atomic mass is 32.1. The van der Waals surface area contributed by atoms with E-state index in [2.05, 4.69) is 36.8 Å². The van der Waals surface area contributed by atoms with E-state index in [0.717, 1.165) is 35.7 Å². The predicted molar refractivity (Wildman–Crippen MR) is 104 cm³/mol. The van der Waals surface area contributed by atoms with E-state index in [1.807, 2.05) is 31.4 Å². The lowest BCUT2D eigenvalue weighted by Crippen LogP contribution is -2.42. The van der Waals surface area contributed by atoms with Gasteiger partial charge >= 0.3 is 0 Å². The second kappa shape index (κ2) is 7.44. The molecule has 0 saturated heterocycles. The van der Waals surface area contributed by atoms with Gasteiger partial charge in [0, 0.05) is 25.4 Å². The Morgan fingerprint density at radius 3 is 2.76 bits per heavy atom. The second-order valence-electron chi connectivity index (χ2n) is 6.78. The maximum atomic E-state index is 6.06. The third-order valence-corrected chi connectivity index (χ3v) is 4.39. The number of benzene rings is 1. The van der Waals surface area contributed by atoms with Gasteiger partial charge in [-0.25, -0.2) is 5.32 Å². The fourth-order valence-corrected chi connectivity index (χ4v) is 3.26. The van der Waals surface area contributed by atoms with Crippen LogP contribution in [-0.2, 0) is 7.05 Å². The summed E-state index contributed by atoms with van der Waals surface area (Å²) < 4.78 is 7.86. The third kappa shape index (κ3) is 3.63. The minimum Gasteiger partial charge on any atom is -0.493 e. The number of hydrogen-bond acceptors (Lipinski definition) is 4. The van der Waals surface area contributed by atoms with Gasteiger partial charge in [0.05, 0.1) is 12.3 Å². The molecule has 2 aromatic rings. The molecule has 2 heterocycles. The van der Waals surface area contributed by atoms with Gasteiger partial charge in [0.15, 0.2) is 11.2 Å². The van der Waals surface area contributed by atoms with Gasteiger partial charge in [-0.2, -0.15) is 5.10 Å². The average molecular weight is 358 g/mol. The van der Waals surface area contributed by atoms with Crippen LogP contribution in [0.1, 0.15) is 44.6 Å². The summed E-state index contributed by atoms with van der Waals surface area (Å²) in [6, 6.07) is 8.12. The van der Waals surface area contributed by atoms with Crippen LogP contribution < -0.4 is 15.0 Å². The molecule has 1 atom stereocenters. The zero-order valence-corrected chi connectivity index (χ0v) is 16.1. The Balaban J connectivity index is 2.00. The van der Waals surface area contributed by atoms with Crippen LogP contribution in [0, 0.1) is 5.92 Å². The van der Waals surface area contributed by atoms with E-state index in [1.54, 1.807) is 4.68 Å². The molecule has 5 nitrogen and oxygen atoms in total. The normalized spacial score (nSPS) is 16.8. The summed E-state index contributed by atoms with van der Waals surface area (Å²) in [5, 5.41) is 9.28. The zero-order chi connectivity index (χ0) is 18.0. The number of ether oxygens (including phenoxy) is 1. The van der Waals surface area contributed by atoms with Gasteiger partial charge in [-0.1, -0.05) is 51.2 Å². The number of aromatic nitrogens is 2. The summed E-state index contributed by atoms with van der Waals surface area (Å²) in [7, 11) is 1.92. The van der Waals surface area contributed by atoms with Crippen LogP contribution >= 0.6 is 12.2 Å². The molecule has 1 aliphatic rings. The predicted octanol–water partition coefficient (Wildman–Crippen LogP) is 3.66. The molecular weight excluding hydrogens is 332 g/mol. The van der Waals surface area contributed by atoms with Crippen molar-refractivity contribution in [3.05, 3.63) is 41.7 Å². The van der Waals surface area contributed by atoms with Crippen molar-refractivity contribution >= 4 is 22.9 Å². The molecule has 3 rings (SSSR count). The lowest BCUT2D eigenvalue weighted by atomic mass is 10.1.